The predicted octanol–water partition coefficient (Wildman–Crippen LogP) is 5.04. The number of aromatic nitrogens is 3. The Morgan fingerprint density at radius 2 is 1.84 bits per heavy atom. The first kappa shape index (κ1) is 21.8. The lowest BCUT2D eigenvalue weighted by molar-refractivity contribution is -0.128. The Balaban J connectivity index is 1.50. The topological polar surface area (TPSA) is 64.2 Å². The van der Waals surface area contributed by atoms with Crippen LogP contribution in [-0.2, 0) is 11.3 Å². The van der Waals surface area contributed by atoms with Crippen LogP contribution in [0.2, 0.25) is 0 Å². The Morgan fingerprint density at radius 3 is 2.53 bits per heavy atom. The molecular weight excluding hydrogens is 427 g/mol. The molecule has 0 N–H and O–H groups in total. The van der Waals surface area contributed by atoms with Crippen molar-refractivity contribution >= 4 is 17.7 Å². The van der Waals surface area contributed by atoms with Crippen LogP contribution in [0.1, 0.15) is 24.1 Å². The predicted molar refractivity (Wildman–Crippen MR) is 122 cm³/mol. The maximum Gasteiger partial charge on any atom is 0.233 e. The van der Waals surface area contributed by atoms with Gasteiger partial charge in [-0.15, -0.1) is 10.2 Å². The minimum atomic E-state index is -0.296. The van der Waals surface area contributed by atoms with Crippen LogP contribution in [0, 0.1) is 5.82 Å². The molecule has 1 unspecified atom stereocenters. The molecule has 164 valence electrons. The molecule has 1 amide bonds. The molecule has 0 spiro atoms. The fraction of sp³-hybridized carbons (Fsp3) is 0.208. The van der Waals surface area contributed by atoms with E-state index in [0.29, 0.717) is 23.3 Å². The van der Waals surface area contributed by atoms with Crippen LogP contribution in [0.4, 0.5) is 4.39 Å². The number of amides is 1. The van der Waals surface area contributed by atoms with Gasteiger partial charge in [0, 0.05) is 7.05 Å². The van der Waals surface area contributed by atoms with Gasteiger partial charge < -0.3 is 9.32 Å². The zero-order valence-electron chi connectivity index (χ0n) is 17.8. The van der Waals surface area contributed by atoms with Gasteiger partial charge in [-0.3, -0.25) is 9.36 Å². The number of furan rings is 1. The Bertz CT molecular complexity index is 1160. The fourth-order valence-corrected chi connectivity index (χ4v) is 4.16. The van der Waals surface area contributed by atoms with Gasteiger partial charge >= 0.3 is 0 Å². The monoisotopic (exact) mass is 450 g/mol. The SMILES string of the molecule is CC(c1ccc(F)cc1)N(C)C(=O)CSc1nnc(-c2ccco2)n1Cc1ccccc1. The van der Waals surface area contributed by atoms with Crippen LogP contribution in [0.25, 0.3) is 11.6 Å². The lowest BCUT2D eigenvalue weighted by Gasteiger charge is -2.25. The summed E-state index contributed by atoms with van der Waals surface area (Å²) in [6.07, 6.45) is 1.60. The number of halogens is 1. The average molecular weight is 451 g/mol. The maximum atomic E-state index is 13.2. The highest BCUT2D eigenvalue weighted by Crippen LogP contribution is 2.27. The third kappa shape index (κ3) is 4.91. The van der Waals surface area contributed by atoms with Gasteiger partial charge in [-0.25, -0.2) is 4.39 Å². The van der Waals surface area contributed by atoms with E-state index in [0.717, 1.165) is 11.1 Å². The molecule has 32 heavy (non-hydrogen) atoms. The number of thioether (sulfide) groups is 1. The van der Waals surface area contributed by atoms with Crippen molar-refractivity contribution in [2.24, 2.45) is 0 Å². The third-order valence-corrected chi connectivity index (χ3v) is 6.24. The largest absolute Gasteiger partial charge is 0.461 e. The van der Waals surface area contributed by atoms with E-state index < -0.39 is 0 Å². The summed E-state index contributed by atoms with van der Waals surface area (Å²) in [5, 5.41) is 9.26. The smallest absolute Gasteiger partial charge is 0.233 e. The molecule has 0 bridgehead atoms. The third-order valence-electron chi connectivity index (χ3n) is 5.29. The molecule has 0 radical (unpaired) electrons. The average Bonchev–Trinajstić information content (AvgIpc) is 3.48. The molecule has 2 heterocycles. The van der Waals surface area contributed by atoms with Gasteiger partial charge in [0.05, 0.1) is 24.6 Å². The summed E-state index contributed by atoms with van der Waals surface area (Å²) >= 11 is 1.33. The summed E-state index contributed by atoms with van der Waals surface area (Å²) in [6, 6.07) is 19.7. The minimum Gasteiger partial charge on any atom is -0.461 e. The zero-order valence-corrected chi connectivity index (χ0v) is 18.6. The fourth-order valence-electron chi connectivity index (χ4n) is 3.30. The van der Waals surface area contributed by atoms with Crippen LogP contribution in [0.5, 0.6) is 0 Å². The maximum absolute atomic E-state index is 13.2. The quantitative estimate of drug-likeness (QED) is 0.352. The van der Waals surface area contributed by atoms with Gasteiger partial charge in [-0.05, 0) is 42.3 Å². The van der Waals surface area contributed by atoms with Crippen molar-refractivity contribution in [2.75, 3.05) is 12.8 Å². The lowest BCUT2D eigenvalue weighted by atomic mass is 10.1. The number of carbonyl (C=O) groups is 1. The molecule has 6 nitrogen and oxygen atoms in total. The zero-order chi connectivity index (χ0) is 22.5. The Morgan fingerprint density at radius 1 is 1.09 bits per heavy atom. The van der Waals surface area contributed by atoms with Crippen molar-refractivity contribution in [1.82, 2.24) is 19.7 Å². The summed E-state index contributed by atoms with van der Waals surface area (Å²) in [4.78, 5) is 14.5. The number of hydrogen-bond donors (Lipinski definition) is 0. The first-order chi connectivity index (χ1) is 15.5. The van der Waals surface area contributed by atoms with Crippen LogP contribution in [0.3, 0.4) is 0 Å². The second-order valence-electron chi connectivity index (χ2n) is 7.38. The first-order valence-corrected chi connectivity index (χ1v) is 11.2. The van der Waals surface area contributed by atoms with E-state index in [1.807, 2.05) is 47.9 Å². The highest BCUT2D eigenvalue weighted by atomic mass is 32.2. The number of carbonyl (C=O) groups excluding carboxylic acids is 1. The van der Waals surface area contributed by atoms with Crippen molar-refractivity contribution in [3.63, 3.8) is 0 Å². The molecule has 1 atom stereocenters. The van der Waals surface area contributed by atoms with Crippen molar-refractivity contribution in [2.45, 2.75) is 24.7 Å². The highest BCUT2D eigenvalue weighted by molar-refractivity contribution is 7.99. The lowest BCUT2D eigenvalue weighted by Crippen LogP contribution is -2.31. The summed E-state index contributed by atoms with van der Waals surface area (Å²) in [5.74, 6) is 1.08. The number of hydrogen-bond acceptors (Lipinski definition) is 5. The Kier molecular flexibility index (Phi) is 6.70. The summed E-state index contributed by atoms with van der Waals surface area (Å²) in [5.41, 5.74) is 1.97. The number of nitrogens with zero attached hydrogens (tertiary/aromatic N) is 4. The summed E-state index contributed by atoms with van der Waals surface area (Å²) in [7, 11) is 1.75. The van der Waals surface area contributed by atoms with Gasteiger partial charge in [-0.1, -0.05) is 54.2 Å². The molecule has 8 heteroatoms. The molecule has 0 saturated heterocycles. The second kappa shape index (κ2) is 9.82. The summed E-state index contributed by atoms with van der Waals surface area (Å²) < 4.78 is 20.7. The summed E-state index contributed by atoms with van der Waals surface area (Å²) in [6.45, 7) is 2.48. The molecule has 0 aliphatic carbocycles. The molecule has 2 aromatic heterocycles. The standard InChI is InChI=1S/C24H23FN4O2S/c1-17(19-10-12-20(25)13-11-19)28(2)22(30)16-32-24-27-26-23(21-9-6-14-31-21)29(24)15-18-7-4-3-5-8-18/h3-14,17H,15-16H2,1-2H3. The van der Waals surface area contributed by atoms with Crippen LogP contribution in [-0.4, -0.2) is 38.4 Å². The van der Waals surface area contributed by atoms with Crippen LogP contribution >= 0.6 is 11.8 Å². The van der Waals surface area contributed by atoms with Crippen LogP contribution < -0.4 is 0 Å². The molecule has 0 saturated carbocycles. The van der Waals surface area contributed by atoms with Crippen LogP contribution in [0.15, 0.2) is 82.6 Å². The Hall–Kier alpha value is -3.39. The van der Waals surface area contributed by atoms with E-state index in [4.69, 9.17) is 4.42 Å². The Labute approximate surface area is 190 Å². The van der Waals surface area contributed by atoms with E-state index in [1.165, 1.54) is 23.9 Å². The molecular formula is C24H23FN4O2S. The number of benzene rings is 2. The van der Waals surface area contributed by atoms with E-state index in [-0.39, 0.29) is 23.5 Å². The van der Waals surface area contributed by atoms with Gasteiger partial charge in [0.1, 0.15) is 5.82 Å². The minimum absolute atomic E-state index is 0.0550. The van der Waals surface area contributed by atoms with Crippen molar-refractivity contribution in [3.8, 4) is 11.6 Å². The molecule has 0 aliphatic rings. The second-order valence-corrected chi connectivity index (χ2v) is 8.32. The van der Waals surface area contributed by atoms with E-state index in [2.05, 4.69) is 10.2 Å². The normalized spacial score (nSPS) is 12.0. The van der Waals surface area contributed by atoms with Gasteiger partial charge in [0.15, 0.2) is 10.9 Å². The highest BCUT2D eigenvalue weighted by Gasteiger charge is 2.21. The first-order valence-electron chi connectivity index (χ1n) is 10.2. The molecule has 0 fully saturated rings. The molecule has 4 rings (SSSR count). The van der Waals surface area contributed by atoms with Crippen molar-refractivity contribution in [3.05, 3.63) is 89.9 Å². The van der Waals surface area contributed by atoms with Crippen molar-refractivity contribution < 1.29 is 13.6 Å². The van der Waals surface area contributed by atoms with E-state index >= 15 is 0 Å². The van der Waals surface area contributed by atoms with Gasteiger partial charge in [0.2, 0.25) is 11.7 Å². The van der Waals surface area contributed by atoms with Gasteiger partial charge in [-0.2, -0.15) is 0 Å². The number of rotatable bonds is 8. The molecule has 0 aliphatic heterocycles. The molecule has 2 aromatic carbocycles. The van der Waals surface area contributed by atoms with E-state index in [1.54, 1.807) is 36.4 Å². The van der Waals surface area contributed by atoms with Crippen molar-refractivity contribution in [1.29, 1.82) is 0 Å². The van der Waals surface area contributed by atoms with E-state index in [9.17, 15) is 9.18 Å². The molecule has 4 aromatic rings. The van der Waals surface area contributed by atoms with Gasteiger partial charge in [0.25, 0.3) is 0 Å².